The Kier molecular flexibility index (Phi) is 1.70. The molecule has 2 atom stereocenters. The molecule has 1 fully saturated rings. The molecule has 0 aromatic rings. The van der Waals surface area contributed by atoms with Crippen LogP contribution in [0.15, 0.2) is 0 Å². The van der Waals surface area contributed by atoms with Crippen LogP contribution in [0.3, 0.4) is 0 Å². The zero-order valence-corrected chi connectivity index (χ0v) is 5.94. The lowest BCUT2D eigenvalue weighted by Gasteiger charge is -1.81. The summed E-state index contributed by atoms with van der Waals surface area (Å²) in [5.74, 6) is 0. The number of rotatable bonds is 2. The van der Waals surface area contributed by atoms with E-state index < -0.39 is 0 Å². The fourth-order valence-electron chi connectivity index (χ4n) is 0.605. The molecule has 0 N–H and O–H groups in total. The van der Waals surface area contributed by atoms with Crippen LogP contribution in [-0.4, -0.2) is 11.1 Å². The molecule has 2 unspecified atom stereocenters. The maximum Gasteiger partial charge on any atom is 0.139 e. The van der Waals surface area contributed by atoms with Crippen molar-refractivity contribution in [3.05, 3.63) is 0 Å². The molecule has 0 bridgehead atoms. The molecule has 42 valence electrons. The molecule has 7 heavy (non-hydrogen) atoms. The van der Waals surface area contributed by atoms with Gasteiger partial charge in [0.1, 0.15) is 5.01 Å². The van der Waals surface area contributed by atoms with E-state index in [1.807, 2.05) is 0 Å². The molecular formula is C5H9BrO. The van der Waals surface area contributed by atoms with E-state index in [-0.39, 0.29) is 0 Å². The van der Waals surface area contributed by atoms with Gasteiger partial charge in [0.15, 0.2) is 0 Å². The molecule has 1 nitrogen and oxygen atoms in total. The Morgan fingerprint density at radius 3 is 2.43 bits per heavy atom. The number of halogens is 1. The highest BCUT2D eigenvalue weighted by molar-refractivity contribution is 9.09. The molecule has 0 radical (unpaired) electrons. The van der Waals surface area contributed by atoms with Crippen molar-refractivity contribution in [2.75, 3.05) is 0 Å². The van der Waals surface area contributed by atoms with E-state index in [0.29, 0.717) is 11.1 Å². The van der Waals surface area contributed by atoms with Gasteiger partial charge in [-0.25, -0.2) is 0 Å². The minimum atomic E-state index is 0.382. The molecule has 0 spiro atoms. The van der Waals surface area contributed by atoms with Gasteiger partial charge in [0.2, 0.25) is 0 Å². The van der Waals surface area contributed by atoms with E-state index in [1.54, 1.807) is 0 Å². The Morgan fingerprint density at radius 1 is 1.71 bits per heavy atom. The van der Waals surface area contributed by atoms with Crippen LogP contribution in [0, 0.1) is 0 Å². The lowest BCUT2D eigenvalue weighted by molar-refractivity contribution is 0.389. The maximum absolute atomic E-state index is 5.07. The van der Waals surface area contributed by atoms with Gasteiger partial charge >= 0.3 is 0 Å². The Bertz CT molecular complexity index is 65.1. The Labute approximate surface area is 52.2 Å². The van der Waals surface area contributed by atoms with Crippen LogP contribution in [0.2, 0.25) is 0 Å². The van der Waals surface area contributed by atoms with Gasteiger partial charge in [-0.2, -0.15) is 0 Å². The van der Waals surface area contributed by atoms with Crippen molar-refractivity contribution >= 4 is 15.9 Å². The van der Waals surface area contributed by atoms with Crippen molar-refractivity contribution in [1.82, 2.24) is 0 Å². The first-order chi connectivity index (χ1) is 3.34. The highest BCUT2D eigenvalue weighted by Gasteiger charge is 2.34. The summed E-state index contributed by atoms with van der Waals surface area (Å²) in [4.78, 5) is 0. The van der Waals surface area contributed by atoms with E-state index in [2.05, 4.69) is 22.9 Å². The van der Waals surface area contributed by atoms with Gasteiger partial charge < -0.3 is 4.74 Å². The van der Waals surface area contributed by atoms with Gasteiger partial charge in [-0.1, -0.05) is 29.3 Å². The molecule has 1 aliphatic heterocycles. The summed E-state index contributed by atoms with van der Waals surface area (Å²) in [6.07, 6.45) is 2.97. The van der Waals surface area contributed by atoms with E-state index >= 15 is 0 Å². The van der Waals surface area contributed by atoms with Crippen LogP contribution >= 0.6 is 15.9 Å². The topological polar surface area (TPSA) is 12.5 Å². The molecule has 1 aliphatic rings. The van der Waals surface area contributed by atoms with Gasteiger partial charge in [0.05, 0.1) is 6.10 Å². The van der Waals surface area contributed by atoms with E-state index in [1.165, 1.54) is 12.8 Å². The molecule has 0 aromatic carbocycles. The summed E-state index contributed by atoms with van der Waals surface area (Å²) in [5.41, 5.74) is 0. The lowest BCUT2D eigenvalue weighted by Crippen LogP contribution is -1.83. The summed E-state index contributed by atoms with van der Waals surface area (Å²) >= 11 is 3.33. The molecule has 0 aliphatic carbocycles. The second kappa shape index (κ2) is 2.14. The summed E-state index contributed by atoms with van der Waals surface area (Å²) in [6, 6.07) is 0. The fourth-order valence-corrected chi connectivity index (χ4v) is 1.15. The molecule has 1 rings (SSSR count). The predicted octanol–water partition coefficient (Wildman–Crippen LogP) is 1.91. The number of alkyl halides is 1. The van der Waals surface area contributed by atoms with Crippen molar-refractivity contribution < 1.29 is 4.74 Å². The van der Waals surface area contributed by atoms with Gasteiger partial charge in [0, 0.05) is 0 Å². The molecule has 1 heterocycles. The first kappa shape index (κ1) is 5.57. The number of epoxide rings is 1. The normalized spacial score (nSPS) is 38.6. The molecule has 1 saturated heterocycles. The van der Waals surface area contributed by atoms with Crippen molar-refractivity contribution in [1.29, 1.82) is 0 Å². The van der Waals surface area contributed by atoms with Crippen LogP contribution in [0.4, 0.5) is 0 Å². The van der Waals surface area contributed by atoms with Crippen LogP contribution in [0.5, 0.6) is 0 Å². The number of hydrogen-bond donors (Lipinski definition) is 0. The molecule has 0 saturated carbocycles. The molecule has 0 aromatic heterocycles. The summed E-state index contributed by atoms with van der Waals surface area (Å²) in [5, 5.41) is 0.382. The van der Waals surface area contributed by atoms with Gasteiger partial charge in [-0.05, 0) is 6.42 Å². The van der Waals surface area contributed by atoms with Crippen LogP contribution in [-0.2, 0) is 4.74 Å². The van der Waals surface area contributed by atoms with Crippen LogP contribution < -0.4 is 0 Å². The minimum absolute atomic E-state index is 0.382. The SMILES string of the molecule is CCCC1OC1Br. The van der Waals surface area contributed by atoms with Crippen LogP contribution in [0.25, 0.3) is 0 Å². The van der Waals surface area contributed by atoms with Gasteiger partial charge in [-0.3, -0.25) is 0 Å². The molecule has 2 heteroatoms. The van der Waals surface area contributed by atoms with Crippen molar-refractivity contribution in [3.63, 3.8) is 0 Å². The third kappa shape index (κ3) is 1.42. The quantitative estimate of drug-likeness (QED) is 0.449. The second-order valence-corrected chi connectivity index (χ2v) is 2.72. The van der Waals surface area contributed by atoms with Gasteiger partial charge in [-0.15, -0.1) is 0 Å². The van der Waals surface area contributed by atoms with E-state index in [4.69, 9.17) is 4.74 Å². The third-order valence-corrected chi connectivity index (χ3v) is 1.90. The monoisotopic (exact) mass is 164 g/mol. The molecule has 0 amide bonds. The number of ether oxygens (including phenoxy) is 1. The third-order valence-electron chi connectivity index (χ3n) is 1.09. The lowest BCUT2D eigenvalue weighted by atomic mass is 10.3. The Hall–Kier alpha value is 0.440. The highest BCUT2D eigenvalue weighted by atomic mass is 79.9. The number of hydrogen-bond acceptors (Lipinski definition) is 1. The predicted molar refractivity (Wildman–Crippen MR) is 32.5 cm³/mol. The van der Waals surface area contributed by atoms with Gasteiger partial charge in [0.25, 0.3) is 0 Å². The first-order valence-corrected chi connectivity index (χ1v) is 3.55. The van der Waals surface area contributed by atoms with Crippen molar-refractivity contribution in [2.24, 2.45) is 0 Å². The molecular weight excluding hydrogens is 156 g/mol. The van der Waals surface area contributed by atoms with Crippen molar-refractivity contribution in [3.8, 4) is 0 Å². The average molecular weight is 165 g/mol. The summed E-state index contributed by atoms with van der Waals surface area (Å²) < 4.78 is 5.07. The highest BCUT2D eigenvalue weighted by Crippen LogP contribution is 2.30. The first-order valence-electron chi connectivity index (χ1n) is 2.64. The largest absolute Gasteiger partial charge is 0.357 e. The average Bonchev–Trinajstić information content (AvgIpc) is 2.22. The van der Waals surface area contributed by atoms with Crippen LogP contribution in [0.1, 0.15) is 19.8 Å². The summed E-state index contributed by atoms with van der Waals surface area (Å²) in [7, 11) is 0. The minimum Gasteiger partial charge on any atom is -0.357 e. The Balaban J connectivity index is 1.98. The summed E-state index contributed by atoms with van der Waals surface area (Å²) in [6.45, 7) is 2.17. The fraction of sp³-hybridized carbons (Fsp3) is 1.00. The standard InChI is InChI=1S/C5H9BrO/c1-2-3-4-5(6)7-4/h4-5H,2-3H2,1H3. The second-order valence-electron chi connectivity index (χ2n) is 1.81. The zero-order chi connectivity index (χ0) is 5.28. The van der Waals surface area contributed by atoms with E-state index in [9.17, 15) is 0 Å². The zero-order valence-electron chi connectivity index (χ0n) is 4.36. The van der Waals surface area contributed by atoms with E-state index in [0.717, 1.165) is 0 Å². The smallest absolute Gasteiger partial charge is 0.139 e. The maximum atomic E-state index is 5.07. The van der Waals surface area contributed by atoms with Crippen molar-refractivity contribution in [2.45, 2.75) is 30.9 Å². The Morgan fingerprint density at radius 2 is 2.29 bits per heavy atom.